The Balaban J connectivity index is 0.00000288. The first-order chi connectivity index (χ1) is 11.2. The molecule has 1 saturated heterocycles. The lowest BCUT2D eigenvalue weighted by Gasteiger charge is -2.34. The van der Waals surface area contributed by atoms with Gasteiger partial charge in [0.1, 0.15) is 0 Å². The maximum Gasteiger partial charge on any atom is 0.310 e. The molecule has 0 bridgehead atoms. The highest BCUT2D eigenvalue weighted by molar-refractivity contribution is 14.0. The predicted molar refractivity (Wildman–Crippen MR) is 108 cm³/mol. The summed E-state index contributed by atoms with van der Waals surface area (Å²) < 4.78 is 5.16. The molecule has 1 aromatic rings. The van der Waals surface area contributed by atoms with Crippen molar-refractivity contribution in [1.82, 2.24) is 10.2 Å². The lowest BCUT2D eigenvalue weighted by atomic mass is 9.98. The molecule has 0 aliphatic carbocycles. The summed E-state index contributed by atoms with van der Waals surface area (Å²) in [7, 11) is 1.79. The third-order valence-corrected chi connectivity index (χ3v) is 4.09. The Morgan fingerprint density at radius 2 is 2.12 bits per heavy atom. The highest BCUT2D eigenvalue weighted by atomic mass is 127. The first-order valence-electron chi connectivity index (χ1n) is 8.40. The van der Waals surface area contributed by atoms with Crippen molar-refractivity contribution in [2.45, 2.75) is 26.2 Å². The van der Waals surface area contributed by atoms with E-state index >= 15 is 0 Å². The quantitative estimate of drug-likeness (QED) is 0.328. The average Bonchev–Trinajstić information content (AvgIpc) is 2.60. The summed E-state index contributed by atoms with van der Waals surface area (Å²) in [6.45, 7) is 4.74. The van der Waals surface area contributed by atoms with Gasteiger partial charge < -0.3 is 15.0 Å². The molecular weight excluding hydrogens is 417 g/mol. The number of hydrogen-bond donors (Lipinski definition) is 1. The zero-order valence-electron chi connectivity index (χ0n) is 14.5. The standard InChI is InChI=1S/C18H27N3O2.HI/c1-3-23-17(22)16-10-7-13-21(14-16)18(19-2)20-12-11-15-8-5-4-6-9-15;/h4-6,8-9,16H,3,7,10-14H2,1-2H3,(H,19,20);1H. The maximum atomic E-state index is 11.9. The fourth-order valence-electron chi connectivity index (χ4n) is 2.92. The van der Waals surface area contributed by atoms with Crippen LogP contribution in [0.25, 0.3) is 0 Å². The van der Waals surface area contributed by atoms with Crippen LogP contribution >= 0.6 is 24.0 Å². The van der Waals surface area contributed by atoms with Crippen LogP contribution in [0.15, 0.2) is 35.3 Å². The smallest absolute Gasteiger partial charge is 0.310 e. The van der Waals surface area contributed by atoms with Gasteiger partial charge in [-0.25, -0.2) is 0 Å². The van der Waals surface area contributed by atoms with Crippen LogP contribution in [0.4, 0.5) is 0 Å². The number of piperidine rings is 1. The Hall–Kier alpha value is -1.31. The number of aliphatic imine (C=N–C) groups is 1. The molecule has 0 radical (unpaired) electrons. The zero-order valence-corrected chi connectivity index (χ0v) is 16.9. The highest BCUT2D eigenvalue weighted by Crippen LogP contribution is 2.18. The van der Waals surface area contributed by atoms with Gasteiger partial charge in [-0.2, -0.15) is 0 Å². The van der Waals surface area contributed by atoms with Crippen molar-refractivity contribution >= 4 is 35.9 Å². The van der Waals surface area contributed by atoms with E-state index in [1.807, 2.05) is 13.0 Å². The number of benzene rings is 1. The topological polar surface area (TPSA) is 53.9 Å². The van der Waals surface area contributed by atoms with Gasteiger partial charge in [0.15, 0.2) is 5.96 Å². The molecule has 1 unspecified atom stereocenters. The van der Waals surface area contributed by atoms with Crippen molar-refractivity contribution in [3.8, 4) is 0 Å². The lowest BCUT2D eigenvalue weighted by molar-refractivity contribution is -0.149. The van der Waals surface area contributed by atoms with Crippen LogP contribution in [0.2, 0.25) is 0 Å². The van der Waals surface area contributed by atoms with Crippen LogP contribution in [0.3, 0.4) is 0 Å². The van der Waals surface area contributed by atoms with Gasteiger partial charge in [-0.1, -0.05) is 30.3 Å². The molecule has 0 saturated carbocycles. The monoisotopic (exact) mass is 445 g/mol. The van der Waals surface area contributed by atoms with Gasteiger partial charge in [-0.15, -0.1) is 24.0 Å². The van der Waals surface area contributed by atoms with E-state index in [4.69, 9.17) is 4.74 Å². The zero-order chi connectivity index (χ0) is 16.5. The molecule has 0 aromatic heterocycles. The molecule has 1 fully saturated rings. The molecule has 5 nitrogen and oxygen atoms in total. The van der Waals surface area contributed by atoms with Crippen molar-refractivity contribution in [2.24, 2.45) is 10.9 Å². The van der Waals surface area contributed by atoms with Crippen LogP contribution in [0, 0.1) is 5.92 Å². The second-order valence-electron chi connectivity index (χ2n) is 5.75. The van der Waals surface area contributed by atoms with Crippen molar-refractivity contribution < 1.29 is 9.53 Å². The van der Waals surface area contributed by atoms with E-state index in [1.54, 1.807) is 7.05 Å². The third-order valence-electron chi connectivity index (χ3n) is 4.09. The minimum absolute atomic E-state index is 0. The van der Waals surface area contributed by atoms with Crippen LogP contribution in [0.5, 0.6) is 0 Å². The Morgan fingerprint density at radius 1 is 1.38 bits per heavy atom. The number of carbonyl (C=O) groups is 1. The summed E-state index contributed by atoms with van der Waals surface area (Å²) in [6.07, 6.45) is 2.84. The Kier molecular flexibility index (Phi) is 9.75. The van der Waals surface area contributed by atoms with Gasteiger partial charge in [0.2, 0.25) is 0 Å². The number of nitrogens with zero attached hydrogens (tertiary/aromatic N) is 2. The summed E-state index contributed by atoms with van der Waals surface area (Å²) in [4.78, 5) is 18.5. The molecule has 2 rings (SSSR count). The fraction of sp³-hybridized carbons (Fsp3) is 0.556. The molecule has 24 heavy (non-hydrogen) atoms. The number of carbonyl (C=O) groups excluding carboxylic acids is 1. The van der Waals surface area contributed by atoms with E-state index in [0.717, 1.165) is 38.3 Å². The summed E-state index contributed by atoms with van der Waals surface area (Å²) >= 11 is 0. The summed E-state index contributed by atoms with van der Waals surface area (Å²) in [6, 6.07) is 10.4. The number of hydrogen-bond acceptors (Lipinski definition) is 3. The molecule has 134 valence electrons. The average molecular weight is 445 g/mol. The minimum Gasteiger partial charge on any atom is -0.466 e. The molecule has 1 aromatic carbocycles. The van der Waals surface area contributed by atoms with E-state index in [2.05, 4.69) is 39.5 Å². The normalized spacial score (nSPS) is 17.8. The maximum absolute atomic E-state index is 11.9. The van der Waals surface area contributed by atoms with Crippen molar-refractivity contribution in [3.63, 3.8) is 0 Å². The van der Waals surface area contributed by atoms with Gasteiger partial charge >= 0.3 is 5.97 Å². The van der Waals surface area contributed by atoms with Crippen molar-refractivity contribution in [3.05, 3.63) is 35.9 Å². The molecule has 1 atom stereocenters. The van der Waals surface area contributed by atoms with Crippen LogP contribution in [0.1, 0.15) is 25.3 Å². The van der Waals surface area contributed by atoms with Gasteiger partial charge in [0, 0.05) is 26.7 Å². The summed E-state index contributed by atoms with van der Waals surface area (Å²) in [5.41, 5.74) is 1.30. The number of guanidine groups is 1. The van der Waals surface area contributed by atoms with Crippen LogP contribution < -0.4 is 5.32 Å². The van der Waals surface area contributed by atoms with Crippen molar-refractivity contribution in [1.29, 1.82) is 0 Å². The highest BCUT2D eigenvalue weighted by Gasteiger charge is 2.28. The Labute approximate surface area is 161 Å². The molecule has 1 N–H and O–H groups in total. The number of rotatable bonds is 5. The molecule has 1 heterocycles. The van der Waals surface area contributed by atoms with Gasteiger partial charge in [-0.3, -0.25) is 9.79 Å². The van der Waals surface area contributed by atoms with Gasteiger partial charge in [0.05, 0.1) is 12.5 Å². The number of nitrogens with one attached hydrogen (secondary N) is 1. The van der Waals surface area contributed by atoms with Crippen LogP contribution in [-0.2, 0) is 16.0 Å². The minimum atomic E-state index is -0.0862. The summed E-state index contributed by atoms with van der Waals surface area (Å²) in [5, 5.41) is 3.40. The fourth-order valence-corrected chi connectivity index (χ4v) is 2.92. The molecule has 0 amide bonds. The lowest BCUT2D eigenvalue weighted by Crippen LogP contribution is -2.48. The molecule has 0 spiro atoms. The van der Waals surface area contributed by atoms with Gasteiger partial charge in [0.25, 0.3) is 0 Å². The number of ether oxygens (including phenoxy) is 1. The number of esters is 1. The first-order valence-corrected chi connectivity index (χ1v) is 8.40. The second-order valence-corrected chi connectivity index (χ2v) is 5.75. The van der Waals surface area contributed by atoms with E-state index in [9.17, 15) is 4.79 Å². The molecular formula is C18H28IN3O2. The van der Waals surface area contributed by atoms with E-state index in [1.165, 1.54) is 5.56 Å². The van der Waals surface area contributed by atoms with E-state index in [0.29, 0.717) is 13.2 Å². The Bertz CT molecular complexity index is 522. The first kappa shape index (κ1) is 20.7. The Morgan fingerprint density at radius 3 is 2.79 bits per heavy atom. The van der Waals surface area contributed by atoms with Crippen molar-refractivity contribution in [2.75, 3.05) is 33.3 Å². The third kappa shape index (κ3) is 6.30. The molecule has 1 aliphatic rings. The molecule has 1 aliphatic heterocycles. The summed E-state index contributed by atoms with van der Waals surface area (Å²) in [5.74, 6) is 0.739. The number of halogens is 1. The van der Waals surface area contributed by atoms with Crippen LogP contribution in [-0.4, -0.2) is 50.1 Å². The number of likely N-dealkylation sites (tertiary alicyclic amines) is 1. The predicted octanol–water partition coefficient (Wildman–Crippen LogP) is 2.70. The van der Waals surface area contributed by atoms with E-state index in [-0.39, 0.29) is 35.9 Å². The van der Waals surface area contributed by atoms with E-state index < -0.39 is 0 Å². The van der Waals surface area contributed by atoms with Gasteiger partial charge in [-0.05, 0) is 31.7 Å². The largest absolute Gasteiger partial charge is 0.466 e. The second kappa shape index (κ2) is 11.3. The SMILES string of the molecule is CCOC(=O)C1CCCN(C(=NC)NCCc2ccccc2)C1.I. The molecule has 6 heteroatoms.